The molecule has 0 bridgehead atoms. The molecular formula is C77H116O6. The second-order valence-electron chi connectivity index (χ2n) is 20.5. The molecule has 460 valence electrons. The van der Waals surface area contributed by atoms with Gasteiger partial charge in [0.15, 0.2) is 6.10 Å². The van der Waals surface area contributed by atoms with Crippen LogP contribution in [0.1, 0.15) is 239 Å². The van der Waals surface area contributed by atoms with E-state index in [2.05, 4.69) is 227 Å². The monoisotopic (exact) mass is 1140 g/mol. The smallest absolute Gasteiger partial charge is 0.306 e. The van der Waals surface area contributed by atoms with E-state index in [1.54, 1.807) is 0 Å². The van der Waals surface area contributed by atoms with Crippen molar-refractivity contribution in [2.75, 3.05) is 13.2 Å². The van der Waals surface area contributed by atoms with Gasteiger partial charge in [-0.1, -0.05) is 259 Å². The zero-order chi connectivity index (χ0) is 59.9. The van der Waals surface area contributed by atoms with Crippen molar-refractivity contribution in [1.29, 1.82) is 0 Å². The zero-order valence-electron chi connectivity index (χ0n) is 52.6. The van der Waals surface area contributed by atoms with Crippen LogP contribution >= 0.6 is 0 Å². The number of hydrogen-bond donors (Lipinski definition) is 0. The van der Waals surface area contributed by atoms with E-state index in [4.69, 9.17) is 14.2 Å². The molecule has 0 saturated heterocycles. The Morgan fingerprint density at radius 2 is 0.434 bits per heavy atom. The molecule has 1 atom stereocenters. The minimum absolute atomic E-state index is 0.125. The van der Waals surface area contributed by atoms with Crippen LogP contribution in [0.25, 0.3) is 0 Å². The van der Waals surface area contributed by atoms with Gasteiger partial charge in [0.25, 0.3) is 0 Å². The molecule has 0 aliphatic carbocycles. The van der Waals surface area contributed by atoms with Gasteiger partial charge in [0.05, 0.1) is 0 Å². The van der Waals surface area contributed by atoms with E-state index < -0.39 is 6.10 Å². The number of rotatable bonds is 56. The molecule has 0 spiro atoms. The molecule has 0 heterocycles. The summed E-state index contributed by atoms with van der Waals surface area (Å²) >= 11 is 0. The van der Waals surface area contributed by atoms with E-state index in [0.717, 1.165) is 193 Å². The SMILES string of the molecule is CC/C=C\C/C=C\C/C=C\C/C=C\C/C=C\C/C=C\C/C=C\C/C=C\CCCCC(=O)OCC(COC(=O)CCCCCC/C=C\C/C=C\C/C=C\C/C=C\CC)OC(=O)CCCCCCC/C=C\C/C=C\C/C=C\C/C=C\C/C=C\CC. The first-order valence-electron chi connectivity index (χ1n) is 32.6. The van der Waals surface area contributed by atoms with E-state index in [-0.39, 0.29) is 44.0 Å². The molecule has 0 rings (SSSR count). The average molecular weight is 1140 g/mol. The molecule has 6 heteroatoms. The van der Waals surface area contributed by atoms with Gasteiger partial charge in [-0.25, -0.2) is 0 Å². The maximum atomic E-state index is 12.9. The number of hydrogen-bond acceptors (Lipinski definition) is 6. The van der Waals surface area contributed by atoms with Gasteiger partial charge in [-0.3, -0.25) is 14.4 Å². The summed E-state index contributed by atoms with van der Waals surface area (Å²) in [4.78, 5) is 38.4. The van der Waals surface area contributed by atoms with E-state index in [1.165, 1.54) is 0 Å². The van der Waals surface area contributed by atoms with Gasteiger partial charge in [-0.15, -0.1) is 0 Å². The number of allylic oxidation sites excluding steroid dienone is 34. The fourth-order valence-corrected chi connectivity index (χ4v) is 8.00. The third-order valence-corrected chi connectivity index (χ3v) is 12.8. The molecule has 0 aromatic rings. The van der Waals surface area contributed by atoms with Crippen molar-refractivity contribution in [3.63, 3.8) is 0 Å². The Labute approximate surface area is 509 Å². The summed E-state index contributed by atoms with van der Waals surface area (Å²) in [7, 11) is 0. The molecule has 6 nitrogen and oxygen atoms in total. The summed E-state index contributed by atoms with van der Waals surface area (Å²) in [5.41, 5.74) is 0. The Morgan fingerprint density at radius 3 is 0.699 bits per heavy atom. The van der Waals surface area contributed by atoms with Crippen LogP contribution < -0.4 is 0 Å². The summed E-state index contributed by atoms with van der Waals surface area (Å²) in [6, 6.07) is 0. The quantitative estimate of drug-likeness (QED) is 0.0261. The lowest BCUT2D eigenvalue weighted by atomic mass is 10.1. The van der Waals surface area contributed by atoms with Gasteiger partial charge in [0, 0.05) is 19.3 Å². The third kappa shape index (κ3) is 66.7. The van der Waals surface area contributed by atoms with Crippen LogP contribution in [0.3, 0.4) is 0 Å². The first kappa shape index (κ1) is 77.0. The number of esters is 3. The van der Waals surface area contributed by atoms with Crippen molar-refractivity contribution >= 4 is 17.9 Å². The standard InChI is InChI=1S/C77H116O6/c1-4-7-10-13-16-19-22-25-28-31-33-35-36-37-38-39-40-42-43-46-49-52-55-58-61-64-67-70-76(79)82-73-74(72-81-75(78)69-66-63-60-57-54-51-48-45-30-27-24-21-18-15-12-9-6-3)83-77(80)71-68-65-62-59-56-53-50-47-44-41-34-32-29-26-23-20-17-14-11-8-5-2/h7-12,16-21,25-30,33-35,37-38,40-42,46-51,55,58,74H,4-6,13-15,22-24,31-32,36,39,43-45,52-54,56-57,59-73H2,1-3H3/b10-7-,11-8-,12-9-,19-16-,20-17-,21-18-,28-25-,29-26-,30-27-,35-33-,38-37-,41-34-,42-40-,49-46-,50-47-,51-48-,58-55-. The molecule has 0 N–H and O–H groups in total. The van der Waals surface area contributed by atoms with Gasteiger partial charge in [0.2, 0.25) is 0 Å². The van der Waals surface area contributed by atoms with E-state index in [0.29, 0.717) is 12.8 Å². The zero-order valence-corrected chi connectivity index (χ0v) is 52.6. The number of carbonyl (C=O) groups excluding carboxylic acids is 3. The molecule has 0 fully saturated rings. The number of carbonyl (C=O) groups is 3. The number of unbranched alkanes of at least 4 members (excludes halogenated alkanes) is 11. The first-order chi connectivity index (χ1) is 41.0. The van der Waals surface area contributed by atoms with Crippen LogP contribution in [0.15, 0.2) is 207 Å². The van der Waals surface area contributed by atoms with Crippen LogP contribution in [0, 0.1) is 0 Å². The molecule has 83 heavy (non-hydrogen) atoms. The maximum absolute atomic E-state index is 12.9. The fraction of sp³-hybridized carbons (Fsp3) is 0.519. The minimum atomic E-state index is -0.833. The second-order valence-corrected chi connectivity index (χ2v) is 20.5. The number of ether oxygens (including phenoxy) is 3. The lowest BCUT2D eigenvalue weighted by Crippen LogP contribution is -2.30. The lowest BCUT2D eigenvalue weighted by Gasteiger charge is -2.18. The van der Waals surface area contributed by atoms with Gasteiger partial charge < -0.3 is 14.2 Å². The molecule has 0 aromatic carbocycles. The highest BCUT2D eigenvalue weighted by molar-refractivity contribution is 5.71. The van der Waals surface area contributed by atoms with Crippen molar-refractivity contribution < 1.29 is 28.6 Å². The van der Waals surface area contributed by atoms with Gasteiger partial charge in [0.1, 0.15) is 13.2 Å². The molecule has 0 radical (unpaired) electrons. The predicted octanol–water partition coefficient (Wildman–Crippen LogP) is 22.8. The topological polar surface area (TPSA) is 78.9 Å². The fourth-order valence-electron chi connectivity index (χ4n) is 8.00. The molecule has 0 aliphatic rings. The summed E-state index contributed by atoms with van der Waals surface area (Å²) in [5, 5.41) is 0. The predicted molar refractivity (Wildman–Crippen MR) is 361 cm³/mol. The van der Waals surface area contributed by atoms with Crippen molar-refractivity contribution in [1.82, 2.24) is 0 Å². The van der Waals surface area contributed by atoms with Crippen LogP contribution in [0.5, 0.6) is 0 Å². The van der Waals surface area contributed by atoms with E-state index in [1.807, 2.05) is 0 Å². The largest absolute Gasteiger partial charge is 0.462 e. The van der Waals surface area contributed by atoms with Crippen LogP contribution in [-0.2, 0) is 28.6 Å². The van der Waals surface area contributed by atoms with Crippen molar-refractivity contribution in [3.8, 4) is 0 Å². The van der Waals surface area contributed by atoms with Crippen molar-refractivity contribution in [2.45, 2.75) is 245 Å². The van der Waals surface area contributed by atoms with E-state index >= 15 is 0 Å². The highest BCUT2D eigenvalue weighted by atomic mass is 16.6. The summed E-state index contributed by atoms with van der Waals surface area (Å²) < 4.78 is 16.9. The molecule has 1 unspecified atom stereocenters. The molecule has 0 saturated carbocycles. The highest BCUT2D eigenvalue weighted by Gasteiger charge is 2.19. The average Bonchev–Trinajstić information content (AvgIpc) is 3.49. The van der Waals surface area contributed by atoms with Gasteiger partial charge in [-0.2, -0.15) is 0 Å². The third-order valence-electron chi connectivity index (χ3n) is 12.8. The molecule has 0 aliphatic heterocycles. The summed E-state index contributed by atoms with van der Waals surface area (Å²) in [6.45, 7) is 6.21. The summed E-state index contributed by atoms with van der Waals surface area (Å²) in [5.74, 6) is -1.02. The van der Waals surface area contributed by atoms with Crippen LogP contribution in [-0.4, -0.2) is 37.2 Å². The Bertz CT molecular complexity index is 2030. The highest BCUT2D eigenvalue weighted by Crippen LogP contribution is 2.13. The van der Waals surface area contributed by atoms with E-state index in [9.17, 15) is 14.4 Å². The Hall–Kier alpha value is -6.01. The second kappa shape index (κ2) is 68.5. The normalized spacial score (nSPS) is 13.5. The van der Waals surface area contributed by atoms with Gasteiger partial charge in [-0.05, 0) is 167 Å². The summed E-state index contributed by atoms with van der Waals surface area (Å²) in [6.07, 6.45) is 105. The molecule has 0 amide bonds. The maximum Gasteiger partial charge on any atom is 0.306 e. The first-order valence-corrected chi connectivity index (χ1v) is 32.6. The molecule has 0 aromatic heterocycles. The van der Waals surface area contributed by atoms with Crippen molar-refractivity contribution in [2.24, 2.45) is 0 Å². The Kier molecular flexibility index (Phi) is 63.5. The van der Waals surface area contributed by atoms with Gasteiger partial charge >= 0.3 is 17.9 Å². The Balaban J connectivity index is 4.59. The lowest BCUT2D eigenvalue weighted by molar-refractivity contribution is -0.167. The van der Waals surface area contributed by atoms with Crippen molar-refractivity contribution in [3.05, 3.63) is 207 Å². The Morgan fingerprint density at radius 1 is 0.241 bits per heavy atom. The van der Waals surface area contributed by atoms with Crippen LogP contribution in [0.4, 0.5) is 0 Å². The minimum Gasteiger partial charge on any atom is -0.462 e. The van der Waals surface area contributed by atoms with Crippen LogP contribution in [0.2, 0.25) is 0 Å². The molecular weight excluding hydrogens is 1020 g/mol.